The van der Waals surface area contributed by atoms with Crippen LogP contribution in [0.4, 0.5) is 5.13 Å². The molecule has 0 spiro atoms. The van der Waals surface area contributed by atoms with Crippen LogP contribution in [0.3, 0.4) is 0 Å². The molecule has 3 aromatic rings. The molecule has 0 aliphatic heterocycles. The van der Waals surface area contributed by atoms with Gasteiger partial charge in [0.1, 0.15) is 5.54 Å². The molecular weight excluding hydrogens is 428 g/mol. The van der Waals surface area contributed by atoms with Crippen molar-refractivity contribution in [2.75, 3.05) is 5.32 Å². The summed E-state index contributed by atoms with van der Waals surface area (Å²) in [6.07, 6.45) is 6.31. The zero-order valence-electron chi connectivity index (χ0n) is 18.0. The highest BCUT2D eigenvalue weighted by atomic mass is 32.1. The summed E-state index contributed by atoms with van der Waals surface area (Å²) in [6, 6.07) is 9.60. The molecule has 1 aliphatic rings. The number of aryl methyl sites for hydroxylation is 1. The number of amides is 2. The Kier molecular flexibility index (Phi) is 6.89. The van der Waals surface area contributed by atoms with Crippen LogP contribution >= 0.6 is 11.5 Å². The van der Waals surface area contributed by atoms with Gasteiger partial charge in [0, 0.05) is 36.9 Å². The van der Waals surface area contributed by atoms with Gasteiger partial charge >= 0.3 is 0 Å². The van der Waals surface area contributed by atoms with Gasteiger partial charge in [0.2, 0.25) is 22.8 Å². The van der Waals surface area contributed by atoms with Gasteiger partial charge < -0.3 is 15.2 Å². The van der Waals surface area contributed by atoms with Crippen molar-refractivity contribution in [3.05, 3.63) is 42.0 Å². The molecule has 2 N–H and O–H groups in total. The largest absolute Gasteiger partial charge is 0.343 e. The number of hydrogen-bond donors (Lipinski definition) is 2. The van der Waals surface area contributed by atoms with Crippen LogP contribution in [0.15, 0.2) is 34.9 Å². The van der Waals surface area contributed by atoms with Crippen molar-refractivity contribution < 1.29 is 14.1 Å². The Labute approximate surface area is 190 Å². The van der Waals surface area contributed by atoms with Gasteiger partial charge in [0.15, 0.2) is 11.6 Å². The van der Waals surface area contributed by atoms with Crippen LogP contribution in [-0.4, -0.2) is 31.3 Å². The predicted octanol–water partition coefficient (Wildman–Crippen LogP) is 3.85. The quantitative estimate of drug-likeness (QED) is 0.520. The number of carbonyl (C=O) groups is 2. The topological polar surface area (TPSA) is 123 Å². The third-order valence-electron chi connectivity index (χ3n) is 5.54. The summed E-state index contributed by atoms with van der Waals surface area (Å²) in [5.74, 6) is 1.16. The first-order valence-corrected chi connectivity index (χ1v) is 11.6. The standard InChI is InChI=1S/C22H26N6O3S/c1-15(29)26-22(13-7-2-3-8-14-22)20-24-18(31-27-20)12-11-17(30)23-21-25-19(28-32-21)16-9-5-4-6-10-16/h4-6,9-10H,2-3,7-8,11-14H2,1H3,(H,26,29)(H,23,25,28,30). The summed E-state index contributed by atoms with van der Waals surface area (Å²) in [6.45, 7) is 1.51. The number of rotatable bonds is 7. The van der Waals surface area contributed by atoms with Crippen LogP contribution in [0, 0.1) is 0 Å². The van der Waals surface area contributed by atoms with Crippen LogP contribution in [0.25, 0.3) is 11.4 Å². The zero-order chi connectivity index (χ0) is 22.4. The molecule has 2 heterocycles. The molecule has 0 saturated heterocycles. The van der Waals surface area contributed by atoms with E-state index in [1.807, 2.05) is 30.3 Å². The molecule has 1 aliphatic carbocycles. The van der Waals surface area contributed by atoms with Gasteiger partial charge in [-0.2, -0.15) is 14.3 Å². The van der Waals surface area contributed by atoms with E-state index >= 15 is 0 Å². The van der Waals surface area contributed by atoms with E-state index in [-0.39, 0.29) is 18.2 Å². The van der Waals surface area contributed by atoms with Crippen molar-refractivity contribution in [3.63, 3.8) is 0 Å². The molecule has 0 bridgehead atoms. The van der Waals surface area contributed by atoms with Gasteiger partial charge in [-0.3, -0.25) is 9.59 Å². The Bertz CT molecular complexity index is 1060. The van der Waals surface area contributed by atoms with E-state index in [1.165, 1.54) is 6.92 Å². The van der Waals surface area contributed by atoms with Crippen molar-refractivity contribution in [1.82, 2.24) is 24.8 Å². The number of hydrogen-bond acceptors (Lipinski definition) is 8. The molecule has 1 fully saturated rings. The van der Waals surface area contributed by atoms with Gasteiger partial charge in [-0.1, -0.05) is 61.2 Å². The molecule has 0 atom stereocenters. The van der Waals surface area contributed by atoms with Crippen LogP contribution in [-0.2, 0) is 21.5 Å². The normalized spacial score (nSPS) is 15.7. The van der Waals surface area contributed by atoms with E-state index in [0.29, 0.717) is 29.1 Å². The van der Waals surface area contributed by atoms with Crippen molar-refractivity contribution in [2.45, 2.75) is 63.8 Å². The fourth-order valence-electron chi connectivity index (χ4n) is 4.01. The van der Waals surface area contributed by atoms with Gasteiger partial charge in [-0.25, -0.2) is 0 Å². The van der Waals surface area contributed by atoms with Crippen LogP contribution in [0.5, 0.6) is 0 Å². The fourth-order valence-corrected chi connectivity index (χ4v) is 4.61. The summed E-state index contributed by atoms with van der Waals surface area (Å²) in [7, 11) is 0. The summed E-state index contributed by atoms with van der Waals surface area (Å²) in [5, 5.41) is 10.4. The lowest BCUT2D eigenvalue weighted by Crippen LogP contribution is -2.45. The number of benzene rings is 1. The second kappa shape index (κ2) is 9.99. The Hall–Kier alpha value is -3.14. The summed E-state index contributed by atoms with van der Waals surface area (Å²) >= 11 is 1.14. The maximum absolute atomic E-state index is 12.4. The van der Waals surface area contributed by atoms with Gasteiger partial charge in [0.25, 0.3) is 0 Å². The lowest BCUT2D eigenvalue weighted by molar-refractivity contribution is -0.121. The molecule has 0 unspecified atom stereocenters. The van der Waals surface area contributed by atoms with E-state index in [4.69, 9.17) is 4.52 Å². The first-order valence-electron chi connectivity index (χ1n) is 10.8. The average Bonchev–Trinajstić information content (AvgIpc) is 3.39. The Morgan fingerprint density at radius 1 is 1.09 bits per heavy atom. The van der Waals surface area contributed by atoms with Gasteiger partial charge in [-0.05, 0) is 12.8 Å². The highest BCUT2D eigenvalue weighted by Crippen LogP contribution is 2.34. The molecule has 2 aromatic heterocycles. The molecule has 9 nitrogen and oxygen atoms in total. The fraction of sp³-hybridized carbons (Fsp3) is 0.455. The van der Waals surface area contributed by atoms with Crippen LogP contribution in [0.1, 0.15) is 63.6 Å². The SMILES string of the molecule is CC(=O)NC1(c2noc(CCC(=O)Nc3nc(-c4ccccc4)ns3)n2)CCCCCC1. The van der Waals surface area contributed by atoms with Crippen LogP contribution < -0.4 is 10.6 Å². The smallest absolute Gasteiger partial charge is 0.227 e. The molecule has 32 heavy (non-hydrogen) atoms. The minimum atomic E-state index is -0.591. The summed E-state index contributed by atoms with van der Waals surface area (Å²) < 4.78 is 9.70. The third-order valence-corrected chi connectivity index (χ3v) is 6.17. The summed E-state index contributed by atoms with van der Waals surface area (Å²) in [4.78, 5) is 33.1. The third kappa shape index (κ3) is 5.37. The van der Waals surface area contributed by atoms with Crippen molar-refractivity contribution in [2.24, 2.45) is 0 Å². The highest BCUT2D eigenvalue weighted by molar-refractivity contribution is 7.10. The number of nitrogens with one attached hydrogen (secondary N) is 2. The highest BCUT2D eigenvalue weighted by Gasteiger charge is 2.38. The molecule has 1 saturated carbocycles. The van der Waals surface area contributed by atoms with E-state index in [2.05, 4.69) is 30.1 Å². The Morgan fingerprint density at radius 3 is 2.56 bits per heavy atom. The molecule has 10 heteroatoms. The second-order valence-electron chi connectivity index (χ2n) is 8.03. The molecule has 168 valence electrons. The van der Waals surface area contributed by atoms with Gasteiger partial charge in [-0.15, -0.1) is 0 Å². The van der Waals surface area contributed by atoms with E-state index < -0.39 is 5.54 Å². The van der Waals surface area contributed by atoms with Crippen molar-refractivity contribution in [1.29, 1.82) is 0 Å². The number of carbonyl (C=O) groups excluding carboxylic acids is 2. The van der Waals surface area contributed by atoms with E-state index in [9.17, 15) is 9.59 Å². The predicted molar refractivity (Wildman–Crippen MR) is 120 cm³/mol. The van der Waals surface area contributed by atoms with E-state index in [0.717, 1.165) is 55.6 Å². The lowest BCUT2D eigenvalue weighted by Gasteiger charge is -2.30. The molecule has 0 radical (unpaired) electrons. The average molecular weight is 455 g/mol. The Balaban J connectivity index is 1.36. The molecule has 1 aromatic carbocycles. The zero-order valence-corrected chi connectivity index (χ0v) is 18.8. The number of anilines is 1. The molecule has 2 amide bonds. The monoisotopic (exact) mass is 454 g/mol. The maximum atomic E-state index is 12.4. The number of aromatic nitrogens is 4. The summed E-state index contributed by atoms with van der Waals surface area (Å²) in [5.41, 5.74) is 0.307. The first kappa shape index (κ1) is 22.1. The van der Waals surface area contributed by atoms with Crippen molar-refractivity contribution >= 4 is 28.5 Å². The van der Waals surface area contributed by atoms with E-state index in [1.54, 1.807) is 0 Å². The minimum absolute atomic E-state index is 0.107. The van der Waals surface area contributed by atoms with Crippen molar-refractivity contribution in [3.8, 4) is 11.4 Å². The molecular formula is C22H26N6O3S. The lowest BCUT2D eigenvalue weighted by atomic mass is 9.89. The maximum Gasteiger partial charge on any atom is 0.227 e. The minimum Gasteiger partial charge on any atom is -0.343 e. The first-order chi connectivity index (χ1) is 15.5. The second-order valence-corrected chi connectivity index (χ2v) is 8.78. The Morgan fingerprint density at radius 2 is 1.84 bits per heavy atom. The molecule has 4 rings (SSSR count). The van der Waals surface area contributed by atoms with Crippen LogP contribution in [0.2, 0.25) is 0 Å². The van der Waals surface area contributed by atoms with Gasteiger partial charge in [0.05, 0.1) is 0 Å². The number of nitrogens with zero attached hydrogens (tertiary/aromatic N) is 4.